The van der Waals surface area contributed by atoms with Gasteiger partial charge in [-0.3, -0.25) is 0 Å². The number of hydrogen-bond acceptors (Lipinski definition) is 5. The quantitative estimate of drug-likeness (QED) is 0.661. The van der Waals surface area contributed by atoms with Gasteiger partial charge in [0.25, 0.3) is 0 Å². The van der Waals surface area contributed by atoms with Crippen LogP contribution in [0.3, 0.4) is 0 Å². The molecule has 5 nitrogen and oxygen atoms in total. The zero-order valence-corrected chi connectivity index (χ0v) is 14.9. The molecular formula is C16H27BrN4O. The first-order valence-electron chi connectivity index (χ1n) is 8.40. The Morgan fingerprint density at radius 2 is 2.00 bits per heavy atom. The largest absolute Gasteiger partial charge is 0.393 e. The van der Waals surface area contributed by atoms with Crippen molar-refractivity contribution in [3.05, 3.63) is 10.7 Å². The second-order valence-corrected chi connectivity index (χ2v) is 6.88. The fourth-order valence-corrected chi connectivity index (χ4v) is 3.06. The van der Waals surface area contributed by atoms with Crippen LogP contribution in [0, 0.1) is 0 Å². The minimum absolute atomic E-state index is 0.110. The van der Waals surface area contributed by atoms with Crippen molar-refractivity contribution in [1.82, 2.24) is 9.97 Å². The first kappa shape index (κ1) is 17.5. The summed E-state index contributed by atoms with van der Waals surface area (Å²) in [7, 11) is 0. The summed E-state index contributed by atoms with van der Waals surface area (Å²) in [5, 5.41) is 16.5. The van der Waals surface area contributed by atoms with Gasteiger partial charge in [0.15, 0.2) is 0 Å². The molecule has 0 unspecified atom stereocenters. The highest BCUT2D eigenvalue weighted by Crippen LogP contribution is 2.25. The molecule has 1 fully saturated rings. The van der Waals surface area contributed by atoms with Crippen LogP contribution in [-0.4, -0.2) is 33.8 Å². The number of aliphatic hydroxyl groups is 1. The maximum absolute atomic E-state index is 9.72. The van der Waals surface area contributed by atoms with Crippen LogP contribution in [0.2, 0.25) is 0 Å². The molecule has 0 bridgehead atoms. The number of anilines is 2. The lowest BCUT2D eigenvalue weighted by molar-refractivity contribution is 0.140. The molecule has 0 aromatic carbocycles. The van der Waals surface area contributed by atoms with Gasteiger partial charge >= 0.3 is 0 Å². The molecular weight excluding hydrogens is 344 g/mol. The molecule has 22 heavy (non-hydrogen) atoms. The zero-order valence-electron chi connectivity index (χ0n) is 13.3. The number of nitrogens with zero attached hydrogens (tertiary/aromatic N) is 2. The van der Waals surface area contributed by atoms with E-state index in [0.717, 1.165) is 68.2 Å². The molecule has 0 aliphatic heterocycles. The molecule has 0 saturated heterocycles. The summed E-state index contributed by atoms with van der Waals surface area (Å²) in [5.41, 5.74) is 0. The van der Waals surface area contributed by atoms with Gasteiger partial charge in [-0.05, 0) is 60.9 Å². The molecule has 0 amide bonds. The van der Waals surface area contributed by atoms with Crippen LogP contribution in [0.4, 0.5) is 11.8 Å². The lowest BCUT2D eigenvalue weighted by Gasteiger charge is -2.24. The number of halogens is 1. The number of nitrogens with one attached hydrogen (secondary N) is 2. The SMILES string of the molecule is CCCCNc1ncc(Br)c(NC2CCCC(O)CCC2)n1. The van der Waals surface area contributed by atoms with Gasteiger partial charge in [0.2, 0.25) is 5.95 Å². The summed E-state index contributed by atoms with van der Waals surface area (Å²) in [5.74, 6) is 1.54. The standard InChI is InChI=1S/C16H27BrN4O/c1-2-3-10-18-16-19-11-14(17)15(21-16)20-12-6-4-8-13(22)9-5-7-12/h11-13,22H,2-10H2,1H3,(H2,18,19,20,21). The van der Waals surface area contributed by atoms with Crippen molar-refractivity contribution in [2.45, 2.75) is 70.4 Å². The summed E-state index contributed by atoms with van der Waals surface area (Å²) in [6.45, 7) is 3.07. The van der Waals surface area contributed by atoms with Gasteiger partial charge in [-0.25, -0.2) is 4.98 Å². The first-order valence-corrected chi connectivity index (χ1v) is 9.19. The van der Waals surface area contributed by atoms with Crippen LogP contribution >= 0.6 is 15.9 Å². The maximum atomic E-state index is 9.72. The predicted octanol–water partition coefficient (Wildman–Crippen LogP) is 3.95. The molecule has 1 saturated carbocycles. The van der Waals surface area contributed by atoms with E-state index >= 15 is 0 Å². The normalized spacial score (nSPS) is 22.7. The summed E-state index contributed by atoms with van der Waals surface area (Å²) in [4.78, 5) is 8.88. The van der Waals surface area contributed by atoms with E-state index in [4.69, 9.17) is 0 Å². The third-order valence-electron chi connectivity index (χ3n) is 4.08. The Morgan fingerprint density at radius 1 is 1.27 bits per heavy atom. The number of unbranched alkanes of at least 4 members (excludes halogenated alkanes) is 1. The third-order valence-corrected chi connectivity index (χ3v) is 4.66. The van der Waals surface area contributed by atoms with E-state index in [1.807, 2.05) is 0 Å². The number of rotatable bonds is 6. The lowest BCUT2D eigenvalue weighted by atomic mass is 9.95. The van der Waals surface area contributed by atoms with Crippen LogP contribution in [0.5, 0.6) is 0 Å². The van der Waals surface area contributed by atoms with Crippen molar-refractivity contribution in [3.63, 3.8) is 0 Å². The lowest BCUT2D eigenvalue weighted by Crippen LogP contribution is -2.24. The molecule has 1 aliphatic rings. The molecule has 0 spiro atoms. The van der Waals surface area contributed by atoms with E-state index in [1.54, 1.807) is 6.20 Å². The Labute approximate surface area is 141 Å². The van der Waals surface area contributed by atoms with Gasteiger partial charge < -0.3 is 15.7 Å². The average Bonchev–Trinajstić information content (AvgIpc) is 2.48. The van der Waals surface area contributed by atoms with Gasteiger partial charge in [0, 0.05) is 18.8 Å². The summed E-state index contributed by atoms with van der Waals surface area (Å²) in [6, 6.07) is 0.419. The Kier molecular flexibility index (Phi) is 7.39. The molecule has 1 heterocycles. The van der Waals surface area contributed by atoms with E-state index in [9.17, 15) is 5.11 Å². The van der Waals surface area contributed by atoms with Gasteiger partial charge in [-0.15, -0.1) is 0 Å². The molecule has 124 valence electrons. The van der Waals surface area contributed by atoms with Gasteiger partial charge in [0.05, 0.1) is 10.6 Å². The van der Waals surface area contributed by atoms with Gasteiger partial charge in [-0.2, -0.15) is 4.98 Å². The van der Waals surface area contributed by atoms with Crippen molar-refractivity contribution in [1.29, 1.82) is 0 Å². The van der Waals surface area contributed by atoms with E-state index in [1.165, 1.54) is 0 Å². The highest BCUT2D eigenvalue weighted by atomic mass is 79.9. The molecule has 3 N–H and O–H groups in total. The number of aliphatic hydroxyl groups excluding tert-OH is 1. The second-order valence-electron chi connectivity index (χ2n) is 6.03. The number of aromatic nitrogens is 2. The first-order chi connectivity index (χ1) is 10.7. The van der Waals surface area contributed by atoms with Crippen molar-refractivity contribution >= 4 is 27.7 Å². The summed E-state index contributed by atoms with van der Waals surface area (Å²) in [6.07, 6.45) is 10.1. The highest BCUT2D eigenvalue weighted by Gasteiger charge is 2.17. The molecule has 1 aliphatic carbocycles. The topological polar surface area (TPSA) is 70.1 Å². The van der Waals surface area contributed by atoms with Crippen molar-refractivity contribution < 1.29 is 5.11 Å². The molecule has 1 aromatic rings. The predicted molar refractivity (Wildman–Crippen MR) is 94.2 cm³/mol. The van der Waals surface area contributed by atoms with Crippen LogP contribution in [-0.2, 0) is 0 Å². The molecule has 6 heteroatoms. The average molecular weight is 371 g/mol. The highest BCUT2D eigenvalue weighted by molar-refractivity contribution is 9.10. The van der Waals surface area contributed by atoms with Crippen LogP contribution in [0.25, 0.3) is 0 Å². The second kappa shape index (κ2) is 9.30. The van der Waals surface area contributed by atoms with E-state index < -0.39 is 0 Å². The van der Waals surface area contributed by atoms with Crippen molar-refractivity contribution in [2.24, 2.45) is 0 Å². The van der Waals surface area contributed by atoms with E-state index in [2.05, 4.69) is 43.5 Å². The summed E-state index contributed by atoms with van der Waals surface area (Å²) < 4.78 is 0.899. The van der Waals surface area contributed by atoms with E-state index in [0.29, 0.717) is 12.0 Å². The monoisotopic (exact) mass is 370 g/mol. The summed E-state index contributed by atoms with van der Waals surface area (Å²) >= 11 is 3.53. The molecule has 0 radical (unpaired) electrons. The molecule has 0 atom stereocenters. The molecule has 2 rings (SSSR count). The fourth-order valence-electron chi connectivity index (χ4n) is 2.76. The Bertz CT molecular complexity index is 448. The van der Waals surface area contributed by atoms with Gasteiger partial charge in [0.1, 0.15) is 5.82 Å². The van der Waals surface area contributed by atoms with Crippen LogP contribution in [0.15, 0.2) is 10.7 Å². The third kappa shape index (κ3) is 5.72. The fraction of sp³-hybridized carbons (Fsp3) is 0.750. The van der Waals surface area contributed by atoms with Crippen LogP contribution < -0.4 is 10.6 Å². The van der Waals surface area contributed by atoms with Crippen molar-refractivity contribution in [3.8, 4) is 0 Å². The number of hydrogen-bond donors (Lipinski definition) is 3. The smallest absolute Gasteiger partial charge is 0.224 e. The Balaban J connectivity index is 1.93. The zero-order chi connectivity index (χ0) is 15.8. The minimum atomic E-state index is -0.110. The van der Waals surface area contributed by atoms with Crippen LogP contribution in [0.1, 0.15) is 58.3 Å². The Morgan fingerprint density at radius 3 is 2.68 bits per heavy atom. The van der Waals surface area contributed by atoms with Crippen molar-refractivity contribution in [2.75, 3.05) is 17.2 Å². The van der Waals surface area contributed by atoms with E-state index in [-0.39, 0.29) is 6.10 Å². The maximum Gasteiger partial charge on any atom is 0.224 e. The van der Waals surface area contributed by atoms with Gasteiger partial charge in [-0.1, -0.05) is 13.3 Å². The Hall–Kier alpha value is -0.880. The minimum Gasteiger partial charge on any atom is -0.393 e. The molecule has 1 aromatic heterocycles.